The number of nitrogens with one attached hydrogen (secondary N) is 1. The Morgan fingerprint density at radius 2 is 1.95 bits per heavy atom. The number of nitriles is 1. The monoisotopic (exact) mass is 527 g/mol. The fraction of sp³-hybridized carbons (Fsp3) is 0.250. The number of anilines is 1. The number of aromatic hydroxyl groups is 1. The molecule has 0 bridgehead atoms. The van der Waals surface area contributed by atoms with Crippen molar-refractivity contribution >= 4 is 11.6 Å². The van der Waals surface area contributed by atoms with Crippen molar-refractivity contribution in [3.8, 4) is 11.8 Å². The third-order valence-electron chi connectivity index (χ3n) is 5.97. The maximum Gasteiger partial charge on any atom is 0.399 e. The van der Waals surface area contributed by atoms with Crippen LogP contribution in [-0.2, 0) is 14.1 Å². The summed E-state index contributed by atoms with van der Waals surface area (Å²) >= 11 is 0. The van der Waals surface area contributed by atoms with Gasteiger partial charge in [-0.1, -0.05) is 23.4 Å². The maximum atomic E-state index is 15.0. The second kappa shape index (κ2) is 9.85. The molecule has 0 aliphatic rings. The first-order valence-electron chi connectivity index (χ1n) is 11.0. The fourth-order valence-electron chi connectivity index (χ4n) is 4.30. The summed E-state index contributed by atoms with van der Waals surface area (Å²) in [5.41, 5.74) is -1.78. The van der Waals surface area contributed by atoms with E-state index >= 15 is 13.2 Å². The molecule has 0 saturated heterocycles. The van der Waals surface area contributed by atoms with E-state index in [1.807, 2.05) is 6.07 Å². The smallest absolute Gasteiger partial charge is 0.399 e. The molecule has 0 fully saturated rings. The molecule has 2 atom stereocenters. The van der Waals surface area contributed by atoms with Crippen LogP contribution in [0.4, 0.5) is 18.9 Å². The number of nitrogens with zero attached hydrogens (tertiary/aromatic N) is 6. The Morgan fingerprint density at radius 1 is 1.24 bits per heavy atom. The fourth-order valence-corrected chi connectivity index (χ4v) is 4.30. The van der Waals surface area contributed by atoms with Crippen LogP contribution in [0.1, 0.15) is 50.5 Å². The van der Waals surface area contributed by atoms with Gasteiger partial charge in [-0.3, -0.25) is 18.8 Å². The summed E-state index contributed by atoms with van der Waals surface area (Å²) in [5, 5.41) is 29.9. The number of hydrogen-bond donors (Lipinski definition) is 2. The van der Waals surface area contributed by atoms with E-state index in [4.69, 9.17) is 0 Å². The first kappa shape index (κ1) is 26.1. The van der Waals surface area contributed by atoms with E-state index in [1.165, 1.54) is 49.1 Å². The van der Waals surface area contributed by atoms with Gasteiger partial charge < -0.3 is 14.9 Å². The standard InChI is InChI=1S/C24H20F3N7O4/c1-12-16(10-33(2)32-12)17(15-7-5-4-6-13(15)8-28)18(24(25,26)27)21-31-19(20(35)23(37)34(21)3)22(36)30-14-9-29-38-11-14/h4-7,9-11,17-18,35H,1-3H3,(H,30,36)/t17-,18+/m1/s1. The molecule has 0 spiro atoms. The van der Waals surface area contributed by atoms with Gasteiger partial charge in [-0.15, -0.1) is 0 Å². The summed E-state index contributed by atoms with van der Waals surface area (Å²) in [7, 11) is 2.54. The van der Waals surface area contributed by atoms with E-state index in [0.29, 0.717) is 4.57 Å². The Morgan fingerprint density at radius 3 is 2.53 bits per heavy atom. The van der Waals surface area contributed by atoms with Crippen LogP contribution < -0.4 is 10.9 Å². The van der Waals surface area contributed by atoms with Crippen LogP contribution >= 0.6 is 0 Å². The minimum absolute atomic E-state index is 0.0197. The number of aromatic nitrogens is 5. The molecule has 196 valence electrons. The molecular weight excluding hydrogens is 507 g/mol. The van der Waals surface area contributed by atoms with Gasteiger partial charge in [0.15, 0.2) is 5.69 Å². The third kappa shape index (κ3) is 4.73. The third-order valence-corrected chi connectivity index (χ3v) is 5.97. The zero-order chi connectivity index (χ0) is 27.8. The summed E-state index contributed by atoms with van der Waals surface area (Å²) < 4.78 is 51.5. The summed E-state index contributed by atoms with van der Waals surface area (Å²) in [6.07, 6.45) is -1.50. The normalized spacial score (nSPS) is 13.1. The van der Waals surface area contributed by atoms with Gasteiger partial charge in [0.05, 0.1) is 23.5 Å². The summed E-state index contributed by atoms with van der Waals surface area (Å²) in [6, 6.07) is 7.68. The Kier molecular flexibility index (Phi) is 6.77. The Balaban J connectivity index is 2.01. The van der Waals surface area contributed by atoms with Crippen LogP contribution in [0.3, 0.4) is 0 Å². The van der Waals surface area contributed by atoms with Gasteiger partial charge in [0.2, 0.25) is 5.75 Å². The zero-order valence-electron chi connectivity index (χ0n) is 20.2. The molecule has 1 aromatic carbocycles. The van der Waals surface area contributed by atoms with Crippen molar-refractivity contribution in [3.05, 3.63) is 87.2 Å². The van der Waals surface area contributed by atoms with Crippen LogP contribution in [0.15, 0.2) is 52.2 Å². The number of alkyl halides is 3. The van der Waals surface area contributed by atoms with Crippen molar-refractivity contribution < 1.29 is 27.6 Å². The Hall–Kier alpha value is -4.93. The average molecular weight is 527 g/mol. The molecule has 0 aliphatic heterocycles. The lowest BCUT2D eigenvalue weighted by Crippen LogP contribution is -2.36. The van der Waals surface area contributed by atoms with E-state index in [9.17, 15) is 20.0 Å². The molecule has 0 saturated carbocycles. The SMILES string of the molecule is Cc1nn(C)cc1[C@@H](c1ccccc1C#N)[C@@H](c1nc(C(=O)Nc2cnoc2)c(O)c(=O)n1C)C(F)(F)F. The van der Waals surface area contributed by atoms with Crippen LogP contribution in [0.5, 0.6) is 5.75 Å². The van der Waals surface area contributed by atoms with Crippen molar-refractivity contribution in [3.63, 3.8) is 0 Å². The molecule has 14 heteroatoms. The van der Waals surface area contributed by atoms with E-state index in [0.717, 1.165) is 19.5 Å². The Bertz CT molecular complexity index is 1600. The molecule has 0 aliphatic carbocycles. The van der Waals surface area contributed by atoms with Crippen molar-refractivity contribution in [1.82, 2.24) is 24.5 Å². The number of carbonyl (C=O) groups excluding carboxylic acids is 1. The molecule has 4 aromatic rings. The topological polar surface area (TPSA) is 152 Å². The van der Waals surface area contributed by atoms with Gasteiger partial charge in [-0.05, 0) is 18.6 Å². The summed E-state index contributed by atoms with van der Waals surface area (Å²) in [5.74, 6) is -7.26. The molecule has 3 aromatic heterocycles. The van der Waals surface area contributed by atoms with Gasteiger partial charge in [0.1, 0.15) is 23.7 Å². The van der Waals surface area contributed by atoms with E-state index < -0.39 is 46.7 Å². The molecule has 4 rings (SSSR count). The summed E-state index contributed by atoms with van der Waals surface area (Å²) in [6.45, 7) is 1.52. The van der Waals surface area contributed by atoms with Crippen molar-refractivity contribution in [2.24, 2.45) is 14.1 Å². The molecular formula is C24H20F3N7O4. The largest absolute Gasteiger partial charge is 0.501 e. The number of amides is 1. The molecule has 2 N–H and O–H groups in total. The first-order chi connectivity index (χ1) is 17.9. The van der Waals surface area contributed by atoms with Crippen LogP contribution in [0.2, 0.25) is 0 Å². The molecule has 38 heavy (non-hydrogen) atoms. The number of aryl methyl sites for hydroxylation is 2. The molecule has 0 unspecified atom stereocenters. The predicted molar refractivity (Wildman–Crippen MR) is 125 cm³/mol. The maximum absolute atomic E-state index is 15.0. The molecule has 0 radical (unpaired) electrons. The number of benzene rings is 1. The van der Waals surface area contributed by atoms with Gasteiger partial charge in [-0.2, -0.15) is 23.5 Å². The second-order valence-electron chi connectivity index (χ2n) is 8.44. The first-order valence-corrected chi connectivity index (χ1v) is 11.0. The lowest BCUT2D eigenvalue weighted by molar-refractivity contribution is -0.156. The second-order valence-corrected chi connectivity index (χ2v) is 8.44. The highest BCUT2D eigenvalue weighted by molar-refractivity contribution is 6.04. The lowest BCUT2D eigenvalue weighted by Gasteiger charge is -2.30. The van der Waals surface area contributed by atoms with Gasteiger partial charge >= 0.3 is 6.18 Å². The minimum Gasteiger partial charge on any atom is -0.501 e. The quantitative estimate of drug-likeness (QED) is 0.388. The zero-order valence-corrected chi connectivity index (χ0v) is 20.2. The highest BCUT2D eigenvalue weighted by atomic mass is 19.4. The highest BCUT2D eigenvalue weighted by Crippen LogP contribution is 2.48. The average Bonchev–Trinajstić information content (AvgIpc) is 3.49. The lowest BCUT2D eigenvalue weighted by atomic mass is 9.78. The predicted octanol–water partition coefficient (Wildman–Crippen LogP) is 3.12. The van der Waals surface area contributed by atoms with E-state index in [-0.39, 0.29) is 28.1 Å². The van der Waals surface area contributed by atoms with Crippen LogP contribution in [0, 0.1) is 18.3 Å². The van der Waals surface area contributed by atoms with Gasteiger partial charge in [0.25, 0.3) is 11.5 Å². The van der Waals surface area contributed by atoms with E-state index in [2.05, 4.69) is 25.1 Å². The van der Waals surface area contributed by atoms with Crippen molar-refractivity contribution in [1.29, 1.82) is 5.26 Å². The van der Waals surface area contributed by atoms with Crippen LogP contribution in [-0.4, -0.2) is 41.7 Å². The molecule has 1 amide bonds. The number of hydrogen-bond acceptors (Lipinski definition) is 8. The molecule has 3 heterocycles. The van der Waals surface area contributed by atoms with E-state index in [1.54, 1.807) is 0 Å². The Labute approximate surface area is 212 Å². The van der Waals surface area contributed by atoms with Crippen molar-refractivity contribution in [2.45, 2.75) is 24.9 Å². The van der Waals surface area contributed by atoms with Gasteiger partial charge in [-0.25, -0.2) is 4.98 Å². The van der Waals surface area contributed by atoms with Gasteiger partial charge in [0, 0.05) is 31.8 Å². The molecule has 11 nitrogen and oxygen atoms in total. The van der Waals surface area contributed by atoms with Crippen LogP contribution in [0.25, 0.3) is 0 Å². The number of rotatable bonds is 6. The summed E-state index contributed by atoms with van der Waals surface area (Å²) in [4.78, 5) is 29.5. The number of halogens is 3. The van der Waals surface area contributed by atoms with Crippen molar-refractivity contribution in [2.75, 3.05) is 5.32 Å². The minimum atomic E-state index is -5.04. The highest BCUT2D eigenvalue weighted by Gasteiger charge is 2.51. The number of carbonyl (C=O) groups is 1.